The van der Waals surface area contributed by atoms with Crippen LogP contribution >= 0.6 is 0 Å². The second-order valence-electron chi connectivity index (χ2n) is 9.66. The van der Waals surface area contributed by atoms with Gasteiger partial charge in [0.2, 0.25) is 0 Å². The fourth-order valence-corrected chi connectivity index (χ4v) is 5.72. The first kappa shape index (κ1) is 21.8. The van der Waals surface area contributed by atoms with Crippen molar-refractivity contribution < 1.29 is 8.78 Å². The van der Waals surface area contributed by atoms with Crippen LogP contribution in [0.1, 0.15) is 30.7 Å². The molecule has 0 bridgehead atoms. The lowest BCUT2D eigenvalue weighted by molar-refractivity contribution is 0.147. The predicted octanol–water partition coefficient (Wildman–Crippen LogP) is 4.30. The summed E-state index contributed by atoms with van der Waals surface area (Å²) in [5.74, 6) is -0.111. The number of halogens is 2. The minimum absolute atomic E-state index is 0.173. The van der Waals surface area contributed by atoms with Gasteiger partial charge in [-0.05, 0) is 87.4 Å². The van der Waals surface area contributed by atoms with Crippen LogP contribution in [-0.4, -0.2) is 80.1 Å². The van der Waals surface area contributed by atoms with Gasteiger partial charge in [0.25, 0.3) is 0 Å². The van der Waals surface area contributed by atoms with Crippen molar-refractivity contribution in [3.63, 3.8) is 0 Å². The highest BCUT2D eigenvalue weighted by Gasteiger charge is 2.42. The number of fused-ring (bicyclic) bond motifs is 3. The first-order valence-electron chi connectivity index (χ1n) is 12.1. The van der Waals surface area contributed by atoms with Crippen LogP contribution in [0.3, 0.4) is 0 Å². The molecule has 0 radical (unpaired) electrons. The van der Waals surface area contributed by atoms with Crippen molar-refractivity contribution in [1.29, 1.82) is 0 Å². The molecule has 3 aliphatic heterocycles. The van der Waals surface area contributed by atoms with E-state index in [9.17, 15) is 8.78 Å². The molecule has 2 fully saturated rings. The van der Waals surface area contributed by atoms with Crippen molar-refractivity contribution >= 4 is 11.4 Å². The summed E-state index contributed by atoms with van der Waals surface area (Å²) >= 11 is 0. The number of hydrogen-bond acceptors (Lipinski definition) is 4. The van der Waals surface area contributed by atoms with Crippen LogP contribution in [0.25, 0.3) is 0 Å². The Kier molecular flexibility index (Phi) is 6.44. The quantitative estimate of drug-likeness (QED) is 0.621. The normalized spacial score (nSPS) is 24.5. The van der Waals surface area contributed by atoms with E-state index in [1.54, 1.807) is 12.1 Å². The Morgan fingerprint density at radius 1 is 0.812 bits per heavy atom. The molecule has 0 spiro atoms. The van der Waals surface area contributed by atoms with E-state index < -0.39 is 0 Å². The van der Waals surface area contributed by atoms with Crippen LogP contribution in [0.15, 0.2) is 42.5 Å². The zero-order valence-electron chi connectivity index (χ0n) is 19.0. The molecule has 4 nitrogen and oxygen atoms in total. The fraction of sp³-hybridized carbons (Fsp3) is 0.538. The van der Waals surface area contributed by atoms with Crippen LogP contribution in [0.4, 0.5) is 20.2 Å². The van der Waals surface area contributed by atoms with E-state index in [-0.39, 0.29) is 17.6 Å². The molecule has 0 N–H and O–H groups in total. The Bertz CT molecular complexity index is 911. The predicted molar refractivity (Wildman–Crippen MR) is 126 cm³/mol. The molecule has 0 aliphatic carbocycles. The highest BCUT2D eigenvalue weighted by atomic mass is 19.1. The van der Waals surface area contributed by atoms with E-state index in [4.69, 9.17) is 0 Å². The number of likely N-dealkylation sites (tertiary alicyclic amines) is 1. The van der Waals surface area contributed by atoms with Crippen LogP contribution < -0.4 is 4.90 Å². The molecule has 3 aliphatic rings. The third-order valence-corrected chi connectivity index (χ3v) is 7.54. The molecule has 172 valence electrons. The fourth-order valence-electron chi connectivity index (χ4n) is 5.72. The lowest BCUT2D eigenvalue weighted by Crippen LogP contribution is -2.45. The van der Waals surface area contributed by atoms with Gasteiger partial charge in [-0.2, -0.15) is 0 Å². The molecule has 2 aromatic carbocycles. The number of anilines is 2. The molecule has 6 heteroatoms. The molecule has 0 saturated carbocycles. The maximum absolute atomic E-state index is 14.2. The monoisotopic (exact) mass is 440 g/mol. The largest absolute Gasteiger partial charge is 0.337 e. The molecule has 32 heavy (non-hydrogen) atoms. The summed E-state index contributed by atoms with van der Waals surface area (Å²) in [7, 11) is 2.20. The minimum atomic E-state index is -0.227. The summed E-state index contributed by atoms with van der Waals surface area (Å²) in [5, 5.41) is 0. The Morgan fingerprint density at radius 3 is 2.25 bits per heavy atom. The maximum Gasteiger partial charge on any atom is 0.123 e. The summed E-state index contributed by atoms with van der Waals surface area (Å²) in [4.78, 5) is 9.86. The van der Waals surface area contributed by atoms with Crippen molar-refractivity contribution in [2.45, 2.75) is 31.2 Å². The second-order valence-corrected chi connectivity index (χ2v) is 9.66. The third-order valence-electron chi connectivity index (χ3n) is 7.54. The highest BCUT2D eigenvalue weighted by molar-refractivity contribution is 5.73. The molecule has 0 aromatic heterocycles. The van der Waals surface area contributed by atoms with E-state index >= 15 is 0 Å². The van der Waals surface area contributed by atoms with Crippen LogP contribution in [0.2, 0.25) is 0 Å². The van der Waals surface area contributed by atoms with E-state index in [0.29, 0.717) is 6.04 Å². The standard InChI is InChI=1S/C26H34F2N4/c1-29-14-16-30(17-15-29)11-2-3-12-31-13-10-26-24(19-31)23-18-21(28)6-9-25(23)32(26)22-7-4-20(27)5-8-22/h4-9,18,24,26H,2-3,10-17,19H2,1H3. The third kappa shape index (κ3) is 4.54. The van der Waals surface area contributed by atoms with E-state index in [2.05, 4.69) is 26.6 Å². The zero-order chi connectivity index (χ0) is 22.1. The molecule has 0 amide bonds. The lowest BCUT2D eigenvalue weighted by Gasteiger charge is -2.39. The molecule has 5 rings (SSSR count). The van der Waals surface area contributed by atoms with Crippen molar-refractivity contribution in [3.8, 4) is 0 Å². The maximum atomic E-state index is 14.2. The molecule has 2 aromatic rings. The zero-order valence-corrected chi connectivity index (χ0v) is 19.0. The van der Waals surface area contributed by atoms with Crippen molar-refractivity contribution in [2.24, 2.45) is 0 Å². The number of benzene rings is 2. The second kappa shape index (κ2) is 9.46. The number of rotatable bonds is 6. The number of likely N-dealkylation sites (N-methyl/N-ethyl adjacent to an activating group) is 1. The van der Waals surface area contributed by atoms with Gasteiger partial charge in [-0.25, -0.2) is 8.78 Å². The van der Waals surface area contributed by atoms with Gasteiger partial charge in [-0.1, -0.05) is 0 Å². The summed E-state index contributed by atoms with van der Waals surface area (Å²) in [6.45, 7) is 9.05. The smallest absolute Gasteiger partial charge is 0.123 e. The van der Waals surface area contributed by atoms with Crippen LogP contribution in [0.5, 0.6) is 0 Å². The van der Waals surface area contributed by atoms with Gasteiger partial charge in [-0.15, -0.1) is 0 Å². The van der Waals surface area contributed by atoms with Gasteiger partial charge < -0.3 is 19.6 Å². The Morgan fingerprint density at radius 2 is 1.50 bits per heavy atom. The van der Waals surface area contributed by atoms with E-state index in [0.717, 1.165) is 43.0 Å². The molecule has 2 saturated heterocycles. The van der Waals surface area contributed by atoms with E-state index in [1.807, 2.05) is 18.2 Å². The Hall–Kier alpha value is -2.02. The SMILES string of the molecule is CN1CCN(CCCCN2CCC3C(C2)c2cc(F)ccc2N3c2ccc(F)cc2)CC1. The topological polar surface area (TPSA) is 13.0 Å². The van der Waals surface area contributed by atoms with Crippen molar-refractivity contribution in [3.05, 3.63) is 59.7 Å². The number of nitrogens with zero attached hydrogens (tertiary/aromatic N) is 4. The minimum Gasteiger partial charge on any atom is -0.337 e. The molecular weight excluding hydrogens is 406 g/mol. The summed E-state index contributed by atoms with van der Waals surface area (Å²) in [5.41, 5.74) is 3.17. The molecule has 2 atom stereocenters. The van der Waals surface area contributed by atoms with Crippen molar-refractivity contribution in [2.75, 3.05) is 64.3 Å². The Labute approximate surface area is 190 Å². The van der Waals surface area contributed by atoms with E-state index in [1.165, 1.54) is 57.7 Å². The van der Waals surface area contributed by atoms with Gasteiger partial charge in [0.05, 0.1) is 0 Å². The van der Waals surface area contributed by atoms with Gasteiger partial charge in [0, 0.05) is 62.6 Å². The van der Waals surface area contributed by atoms with Gasteiger partial charge >= 0.3 is 0 Å². The highest BCUT2D eigenvalue weighted by Crippen LogP contribution is 2.48. The molecule has 2 unspecified atom stereocenters. The number of hydrogen-bond donors (Lipinski definition) is 0. The summed E-state index contributed by atoms with van der Waals surface area (Å²) in [6, 6.07) is 12.2. The summed E-state index contributed by atoms with van der Waals surface area (Å²) in [6.07, 6.45) is 3.49. The van der Waals surface area contributed by atoms with Gasteiger partial charge in [0.15, 0.2) is 0 Å². The number of unbranched alkanes of at least 4 members (excludes halogenated alkanes) is 1. The summed E-state index contributed by atoms with van der Waals surface area (Å²) < 4.78 is 27.7. The van der Waals surface area contributed by atoms with Gasteiger partial charge in [-0.3, -0.25) is 0 Å². The first-order valence-corrected chi connectivity index (χ1v) is 12.1. The average molecular weight is 441 g/mol. The van der Waals surface area contributed by atoms with Crippen LogP contribution in [-0.2, 0) is 0 Å². The van der Waals surface area contributed by atoms with Crippen molar-refractivity contribution in [1.82, 2.24) is 14.7 Å². The molecule has 3 heterocycles. The van der Waals surface area contributed by atoms with Crippen LogP contribution in [0, 0.1) is 11.6 Å². The first-order chi connectivity index (χ1) is 15.6. The molecular formula is C26H34F2N4. The number of piperazine rings is 1. The lowest BCUT2D eigenvalue weighted by atomic mass is 9.89. The number of piperidine rings is 1. The average Bonchev–Trinajstić information content (AvgIpc) is 3.11. The Balaban J connectivity index is 1.22. The van der Waals surface area contributed by atoms with Gasteiger partial charge in [0.1, 0.15) is 11.6 Å².